The molecule has 0 aromatic heterocycles. The Labute approximate surface area is 118 Å². The second-order valence-corrected chi connectivity index (χ2v) is 6.04. The van der Waals surface area contributed by atoms with Gasteiger partial charge in [-0.1, -0.05) is 12.8 Å². The molecule has 1 aliphatic heterocycles. The third kappa shape index (κ3) is 6.92. The average molecular weight is 269 g/mol. The Morgan fingerprint density at radius 2 is 1.79 bits per heavy atom. The Balaban J connectivity index is 2.11. The van der Waals surface area contributed by atoms with Crippen molar-refractivity contribution in [3.8, 4) is 0 Å². The number of carbonyl (C=O) groups is 1. The van der Waals surface area contributed by atoms with Crippen LogP contribution in [0, 0.1) is 5.92 Å². The van der Waals surface area contributed by atoms with Gasteiger partial charge >= 0.3 is 0 Å². The van der Waals surface area contributed by atoms with E-state index >= 15 is 0 Å². The smallest absolute Gasteiger partial charge is 0.222 e. The van der Waals surface area contributed by atoms with Crippen molar-refractivity contribution in [3.05, 3.63) is 0 Å². The van der Waals surface area contributed by atoms with E-state index in [1.165, 1.54) is 0 Å². The summed E-state index contributed by atoms with van der Waals surface area (Å²) < 4.78 is 0. The first-order chi connectivity index (χ1) is 9.13. The zero-order valence-corrected chi connectivity index (χ0v) is 12.7. The molecule has 0 bridgehead atoms. The number of carbonyl (C=O) groups excluding carboxylic acids is 1. The van der Waals surface area contributed by atoms with Gasteiger partial charge < -0.3 is 15.5 Å². The van der Waals surface area contributed by atoms with E-state index in [4.69, 9.17) is 5.73 Å². The molecule has 0 aromatic rings. The lowest BCUT2D eigenvalue weighted by Crippen LogP contribution is -2.40. The van der Waals surface area contributed by atoms with Crippen LogP contribution < -0.4 is 5.73 Å². The number of amides is 1. The van der Waals surface area contributed by atoms with Crippen LogP contribution >= 0.6 is 0 Å². The van der Waals surface area contributed by atoms with Crippen LogP contribution in [0.4, 0.5) is 0 Å². The van der Waals surface area contributed by atoms with Crippen molar-refractivity contribution in [1.82, 2.24) is 9.80 Å². The van der Waals surface area contributed by atoms with E-state index in [1.807, 2.05) is 0 Å². The van der Waals surface area contributed by atoms with Crippen molar-refractivity contribution in [2.75, 3.05) is 40.3 Å². The Kier molecular flexibility index (Phi) is 8.07. The maximum absolute atomic E-state index is 12.1. The molecule has 0 radical (unpaired) electrons. The zero-order chi connectivity index (χ0) is 14.1. The SMILES string of the molecule is CN(C)CC1CCN(C(=O)CCCCCCN)CC1. The Morgan fingerprint density at radius 1 is 1.16 bits per heavy atom. The molecule has 112 valence electrons. The number of piperidine rings is 1. The lowest BCUT2D eigenvalue weighted by atomic mass is 9.96. The molecule has 1 saturated heterocycles. The predicted molar refractivity (Wildman–Crippen MR) is 80.0 cm³/mol. The Bertz CT molecular complexity index is 248. The highest BCUT2D eigenvalue weighted by Gasteiger charge is 2.22. The van der Waals surface area contributed by atoms with E-state index in [9.17, 15) is 4.79 Å². The molecule has 0 aromatic carbocycles. The summed E-state index contributed by atoms with van der Waals surface area (Å²) >= 11 is 0. The lowest BCUT2D eigenvalue weighted by molar-refractivity contribution is -0.132. The van der Waals surface area contributed by atoms with Crippen LogP contribution in [-0.4, -0.2) is 56.0 Å². The van der Waals surface area contributed by atoms with Crippen molar-refractivity contribution in [2.45, 2.75) is 44.9 Å². The van der Waals surface area contributed by atoms with Gasteiger partial charge in [0, 0.05) is 26.1 Å². The highest BCUT2D eigenvalue weighted by atomic mass is 16.2. The fourth-order valence-corrected chi connectivity index (χ4v) is 2.81. The van der Waals surface area contributed by atoms with E-state index in [1.54, 1.807) is 0 Å². The van der Waals surface area contributed by atoms with Crippen LogP contribution in [0.5, 0.6) is 0 Å². The standard InChI is InChI=1S/C15H31N3O/c1-17(2)13-14-8-11-18(12-9-14)15(19)7-5-3-4-6-10-16/h14H,3-13,16H2,1-2H3. The van der Waals surface area contributed by atoms with E-state index in [0.29, 0.717) is 5.91 Å². The summed E-state index contributed by atoms with van der Waals surface area (Å²) in [6.07, 6.45) is 7.46. The van der Waals surface area contributed by atoms with Crippen LogP contribution in [-0.2, 0) is 4.79 Å². The van der Waals surface area contributed by atoms with Crippen LogP contribution in [0.2, 0.25) is 0 Å². The maximum atomic E-state index is 12.1. The summed E-state index contributed by atoms with van der Waals surface area (Å²) in [5.74, 6) is 1.12. The lowest BCUT2D eigenvalue weighted by Gasteiger charge is -2.33. The number of nitrogens with two attached hydrogens (primary N) is 1. The monoisotopic (exact) mass is 269 g/mol. The average Bonchev–Trinajstić information content (AvgIpc) is 2.38. The molecular weight excluding hydrogens is 238 g/mol. The van der Waals surface area contributed by atoms with E-state index in [-0.39, 0.29) is 0 Å². The number of hydrogen-bond acceptors (Lipinski definition) is 3. The summed E-state index contributed by atoms with van der Waals surface area (Å²) in [4.78, 5) is 16.4. The molecule has 0 saturated carbocycles. The van der Waals surface area contributed by atoms with E-state index < -0.39 is 0 Å². The first-order valence-electron chi connectivity index (χ1n) is 7.76. The first kappa shape index (κ1) is 16.4. The zero-order valence-electron chi connectivity index (χ0n) is 12.7. The highest BCUT2D eigenvalue weighted by molar-refractivity contribution is 5.76. The Morgan fingerprint density at radius 3 is 2.37 bits per heavy atom. The van der Waals surface area contributed by atoms with Crippen LogP contribution in [0.1, 0.15) is 44.9 Å². The molecule has 4 nitrogen and oxygen atoms in total. The highest BCUT2D eigenvalue weighted by Crippen LogP contribution is 2.18. The van der Waals surface area contributed by atoms with Gasteiger partial charge in [0.15, 0.2) is 0 Å². The van der Waals surface area contributed by atoms with E-state index in [0.717, 1.165) is 77.0 Å². The summed E-state index contributed by atoms with van der Waals surface area (Å²) in [6, 6.07) is 0. The minimum atomic E-state index is 0.357. The van der Waals surface area contributed by atoms with Gasteiger partial charge in [0.05, 0.1) is 0 Å². The number of rotatable bonds is 8. The molecule has 19 heavy (non-hydrogen) atoms. The maximum Gasteiger partial charge on any atom is 0.222 e. The third-order valence-corrected chi connectivity index (χ3v) is 3.94. The quantitative estimate of drug-likeness (QED) is 0.682. The topological polar surface area (TPSA) is 49.6 Å². The van der Waals surface area contributed by atoms with Crippen molar-refractivity contribution >= 4 is 5.91 Å². The Hall–Kier alpha value is -0.610. The van der Waals surface area contributed by atoms with Crippen molar-refractivity contribution < 1.29 is 4.79 Å². The molecule has 4 heteroatoms. The van der Waals surface area contributed by atoms with Gasteiger partial charge in [-0.15, -0.1) is 0 Å². The molecule has 0 aliphatic carbocycles. The third-order valence-electron chi connectivity index (χ3n) is 3.94. The van der Waals surface area contributed by atoms with Crippen LogP contribution in [0.3, 0.4) is 0 Å². The minimum absolute atomic E-state index is 0.357. The van der Waals surface area contributed by atoms with E-state index in [2.05, 4.69) is 23.9 Å². The largest absolute Gasteiger partial charge is 0.343 e. The molecule has 1 aliphatic rings. The summed E-state index contributed by atoms with van der Waals surface area (Å²) in [6.45, 7) is 3.84. The first-order valence-corrected chi connectivity index (χ1v) is 7.76. The summed E-state index contributed by atoms with van der Waals surface area (Å²) in [5, 5.41) is 0. The van der Waals surface area contributed by atoms with Gasteiger partial charge in [0.1, 0.15) is 0 Å². The van der Waals surface area contributed by atoms with Crippen molar-refractivity contribution in [2.24, 2.45) is 11.7 Å². The van der Waals surface area contributed by atoms with Crippen molar-refractivity contribution in [1.29, 1.82) is 0 Å². The molecule has 1 rings (SSSR count). The normalized spacial score (nSPS) is 17.2. The molecular formula is C15H31N3O. The second kappa shape index (κ2) is 9.32. The van der Waals surface area contributed by atoms with Gasteiger partial charge in [0.25, 0.3) is 0 Å². The summed E-state index contributed by atoms with van der Waals surface area (Å²) in [7, 11) is 4.25. The molecule has 0 spiro atoms. The van der Waals surface area contributed by atoms with Gasteiger partial charge in [-0.2, -0.15) is 0 Å². The van der Waals surface area contributed by atoms with Gasteiger partial charge in [-0.3, -0.25) is 4.79 Å². The number of hydrogen-bond donors (Lipinski definition) is 1. The van der Waals surface area contributed by atoms with Gasteiger partial charge in [-0.05, 0) is 52.2 Å². The number of nitrogens with zero attached hydrogens (tertiary/aromatic N) is 2. The molecule has 1 fully saturated rings. The second-order valence-electron chi connectivity index (χ2n) is 6.04. The predicted octanol–water partition coefficient (Wildman–Crippen LogP) is 1.70. The summed E-state index contributed by atoms with van der Waals surface area (Å²) in [5.41, 5.74) is 5.46. The minimum Gasteiger partial charge on any atom is -0.343 e. The van der Waals surface area contributed by atoms with Crippen molar-refractivity contribution in [3.63, 3.8) is 0 Å². The van der Waals surface area contributed by atoms with Crippen LogP contribution in [0.15, 0.2) is 0 Å². The van der Waals surface area contributed by atoms with Crippen LogP contribution in [0.25, 0.3) is 0 Å². The number of likely N-dealkylation sites (tertiary alicyclic amines) is 1. The fraction of sp³-hybridized carbons (Fsp3) is 0.933. The van der Waals surface area contributed by atoms with Gasteiger partial charge in [-0.25, -0.2) is 0 Å². The molecule has 0 atom stereocenters. The molecule has 0 unspecified atom stereocenters. The molecule has 1 heterocycles. The molecule has 2 N–H and O–H groups in total. The fourth-order valence-electron chi connectivity index (χ4n) is 2.81. The molecule has 1 amide bonds. The van der Waals surface area contributed by atoms with Gasteiger partial charge in [0.2, 0.25) is 5.91 Å². The number of unbranched alkanes of at least 4 members (excludes halogenated alkanes) is 3.